The summed E-state index contributed by atoms with van der Waals surface area (Å²) in [5.41, 5.74) is 10.9. The first-order chi connectivity index (χ1) is 18.0. The van der Waals surface area contributed by atoms with Crippen LogP contribution in [0, 0.1) is 5.92 Å². The average molecular weight is 557 g/mol. The van der Waals surface area contributed by atoms with Crippen molar-refractivity contribution in [1.82, 2.24) is 0 Å². The molecule has 0 saturated carbocycles. The van der Waals surface area contributed by atoms with E-state index in [1.54, 1.807) is 30.1 Å². The molecule has 0 amide bonds. The highest BCUT2D eigenvalue weighted by atomic mass is 32.2. The predicted octanol–water partition coefficient (Wildman–Crippen LogP) is 6.46. The number of nitrogens with two attached hydrogens (primary N) is 1. The summed E-state index contributed by atoms with van der Waals surface area (Å²) < 4.78 is 12.1. The fraction of sp³-hybridized carbons (Fsp3) is 0.214. The second-order valence-electron chi connectivity index (χ2n) is 8.81. The summed E-state index contributed by atoms with van der Waals surface area (Å²) in [6, 6.07) is 22.3. The maximum atomic E-state index is 12.1. The van der Waals surface area contributed by atoms with Gasteiger partial charge in [0.25, 0.3) is 0 Å². The smallest absolute Gasteiger partial charge is 0.190 e. The van der Waals surface area contributed by atoms with Crippen LogP contribution < -0.4 is 15.6 Å². The zero-order chi connectivity index (χ0) is 26.0. The second kappa shape index (κ2) is 15.3. The standard InChI is InChI=1S/C28H29FN6OS.2FH/c1-20(2)17-23-5-3-4-6-26(23)35-15-16-37-28(35)34-33-18-21-7-9-22(10-8-21)27(30)32-19-31-24-11-13-25(36-29)14-12-24;;/h3-14,18-20H,15-17H2,1-2H3,(H2,30,31,32);2*1H/b33-18+,34-28-;;. The zero-order valence-electron chi connectivity index (χ0n) is 21.6. The number of amidine groups is 2. The number of rotatable bonds is 9. The molecule has 2 N–H and O–H groups in total. The van der Waals surface area contributed by atoms with Crippen LogP contribution in [-0.2, 0) is 6.42 Å². The van der Waals surface area contributed by atoms with Gasteiger partial charge in [-0.25, -0.2) is 9.98 Å². The van der Waals surface area contributed by atoms with Gasteiger partial charge < -0.3 is 10.6 Å². The first-order valence-corrected chi connectivity index (χ1v) is 13.0. The molecule has 206 valence electrons. The van der Waals surface area contributed by atoms with Crippen molar-refractivity contribution in [3.05, 3.63) is 89.5 Å². The van der Waals surface area contributed by atoms with Gasteiger partial charge in [0.2, 0.25) is 0 Å². The summed E-state index contributed by atoms with van der Waals surface area (Å²) in [5, 5.41) is 9.77. The minimum Gasteiger partial charge on any atom is -0.383 e. The number of aliphatic imine (C=N–C) groups is 2. The molecule has 0 aliphatic carbocycles. The molecule has 7 nitrogen and oxygen atoms in total. The van der Waals surface area contributed by atoms with Gasteiger partial charge >= 0.3 is 0 Å². The van der Waals surface area contributed by atoms with Crippen LogP contribution in [0.3, 0.4) is 0 Å². The number of anilines is 1. The van der Waals surface area contributed by atoms with Crippen molar-refractivity contribution >= 4 is 46.7 Å². The first kappa shape index (κ1) is 31.1. The van der Waals surface area contributed by atoms with Gasteiger partial charge in [-0.2, -0.15) is 5.10 Å². The third-order valence-corrected chi connectivity index (χ3v) is 6.52. The van der Waals surface area contributed by atoms with E-state index in [0.717, 1.165) is 35.0 Å². The minimum atomic E-state index is 0. The SMILES string of the molecule is CC(C)Cc1ccccc1N1CCS/C1=N\N=C\c1ccc(C(N)=NC=Nc2ccc(OF)cc2)cc1.F.F. The van der Waals surface area contributed by atoms with Crippen molar-refractivity contribution in [3.8, 4) is 5.75 Å². The molecule has 1 fully saturated rings. The maximum absolute atomic E-state index is 12.1. The first-order valence-electron chi connectivity index (χ1n) is 12.0. The molecular formula is C28H31F3N6OS. The molecule has 0 bridgehead atoms. The fourth-order valence-corrected chi connectivity index (χ4v) is 4.70. The van der Waals surface area contributed by atoms with E-state index < -0.39 is 0 Å². The topological polar surface area (TPSA) is 87.9 Å². The normalized spacial score (nSPS) is 14.7. The quantitative estimate of drug-likeness (QED) is 0.186. The summed E-state index contributed by atoms with van der Waals surface area (Å²) in [4.78, 5) is 14.3. The highest BCUT2D eigenvalue weighted by molar-refractivity contribution is 8.14. The molecule has 3 aromatic rings. The molecule has 11 heteroatoms. The molecule has 4 rings (SSSR count). The molecule has 1 heterocycles. The Morgan fingerprint density at radius 2 is 1.77 bits per heavy atom. The Balaban J connectivity index is 0.00000267. The summed E-state index contributed by atoms with van der Waals surface area (Å²) >= 11 is 1.72. The number of hydrogen-bond acceptors (Lipinski definition) is 5. The largest absolute Gasteiger partial charge is 0.383 e. The molecule has 39 heavy (non-hydrogen) atoms. The van der Waals surface area contributed by atoms with Crippen LogP contribution in [0.25, 0.3) is 0 Å². The van der Waals surface area contributed by atoms with Crippen LogP contribution in [0.2, 0.25) is 0 Å². The van der Waals surface area contributed by atoms with Crippen LogP contribution in [0.1, 0.15) is 30.5 Å². The minimum absolute atomic E-state index is 0. The van der Waals surface area contributed by atoms with Gasteiger partial charge in [0.1, 0.15) is 12.2 Å². The molecule has 1 saturated heterocycles. The van der Waals surface area contributed by atoms with Crippen LogP contribution in [0.5, 0.6) is 5.75 Å². The number of hydrogen-bond donors (Lipinski definition) is 1. The molecular weight excluding hydrogens is 525 g/mol. The van der Waals surface area contributed by atoms with E-state index in [1.165, 1.54) is 29.7 Å². The number of para-hydroxylation sites is 1. The van der Waals surface area contributed by atoms with E-state index in [4.69, 9.17) is 5.73 Å². The average Bonchev–Trinajstić information content (AvgIpc) is 3.37. The second-order valence-corrected chi connectivity index (χ2v) is 9.87. The molecule has 1 aliphatic heterocycles. The van der Waals surface area contributed by atoms with Crippen LogP contribution in [0.4, 0.5) is 25.3 Å². The van der Waals surface area contributed by atoms with E-state index in [2.05, 4.69) is 68.1 Å². The Morgan fingerprint density at radius 3 is 2.46 bits per heavy atom. The van der Waals surface area contributed by atoms with E-state index in [9.17, 15) is 4.53 Å². The van der Waals surface area contributed by atoms with E-state index >= 15 is 0 Å². The molecule has 0 aromatic heterocycles. The van der Waals surface area contributed by atoms with Gasteiger partial charge in [-0.15, -0.1) is 5.10 Å². The van der Waals surface area contributed by atoms with Gasteiger partial charge in [0.15, 0.2) is 10.9 Å². The third-order valence-electron chi connectivity index (χ3n) is 5.57. The Hall–Kier alpha value is -4.12. The molecule has 0 atom stereocenters. The fourth-order valence-electron chi connectivity index (χ4n) is 3.80. The summed E-state index contributed by atoms with van der Waals surface area (Å²) in [6.07, 6.45) is 4.12. The zero-order valence-corrected chi connectivity index (χ0v) is 22.4. The Kier molecular flexibility index (Phi) is 12.2. The lowest BCUT2D eigenvalue weighted by Crippen LogP contribution is -2.25. The molecule has 0 radical (unpaired) electrons. The van der Waals surface area contributed by atoms with Crippen molar-refractivity contribution in [2.45, 2.75) is 20.3 Å². The number of nitrogens with zero attached hydrogens (tertiary/aromatic N) is 5. The van der Waals surface area contributed by atoms with Crippen LogP contribution in [-0.4, -0.2) is 35.9 Å². The lowest BCUT2D eigenvalue weighted by molar-refractivity contribution is -0.00618. The third kappa shape index (κ3) is 8.71. The Labute approximate surface area is 230 Å². The van der Waals surface area contributed by atoms with Gasteiger partial charge in [-0.3, -0.25) is 14.4 Å². The molecule has 0 unspecified atom stereocenters. The van der Waals surface area contributed by atoms with Gasteiger partial charge in [0.05, 0.1) is 11.9 Å². The lowest BCUT2D eigenvalue weighted by Gasteiger charge is -2.21. The van der Waals surface area contributed by atoms with Crippen LogP contribution in [0.15, 0.2) is 93.0 Å². The van der Waals surface area contributed by atoms with Gasteiger partial charge in [0, 0.05) is 28.1 Å². The monoisotopic (exact) mass is 556 g/mol. The molecule has 3 aromatic carbocycles. The Morgan fingerprint density at radius 1 is 1.05 bits per heavy atom. The van der Waals surface area contributed by atoms with Gasteiger partial charge in [-0.05, 0) is 53.8 Å². The molecule has 0 spiro atoms. The van der Waals surface area contributed by atoms with E-state index in [-0.39, 0.29) is 15.2 Å². The van der Waals surface area contributed by atoms with Crippen LogP contribution >= 0.6 is 11.8 Å². The van der Waals surface area contributed by atoms with Crippen molar-refractivity contribution in [2.75, 3.05) is 17.2 Å². The number of benzene rings is 3. The highest BCUT2D eigenvalue weighted by Crippen LogP contribution is 2.30. The predicted molar refractivity (Wildman–Crippen MR) is 158 cm³/mol. The maximum Gasteiger partial charge on any atom is 0.190 e. The lowest BCUT2D eigenvalue weighted by atomic mass is 10.0. The Bertz CT molecular complexity index is 1310. The van der Waals surface area contributed by atoms with Gasteiger partial charge in [-0.1, -0.05) is 68.1 Å². The van der Waals surface area contributed by atoms with Crippen molar-refractivity contribution in [3.63, 3.8) is 0 Å². The van der Waals surface area contributed by atoms with E-state index in [0.29, 0.717) is 17.4 Å². The van der Waals surface area contributed by atoms with Crippen molar-refractivity contribution < 1.29 is 18.9 Å². The van der Waals surface area contributed by atoms with Crippen molar-refractivity contribution in [1.29, 1.82) is 0 Å². The summed E-state index contributed by atoms with van der Waals surface area (Å²) in [5.74, 6) is 2.01. The molecule has 1 aliphatic rings. The number of thioether (sulfide) groups is 1. The summed E-state index contributed by atoms with van der Waals surface area (Å²) in [7, 11) is 0. The van der Waals surface area contributed by atoms with E-state index in [1.807, 2.05) is 24.3 Å². The highest BCUT2D eigenvalue weighted by Gasteiger charge is 2.23. The summed E-state index contributed by atoms with van der Waals surface area (Å²) in [6.45, 7) is 5.39. The number of halogens is 3. The van der Waals surface area contributed by atoms with Crippen molar-refractivity contribution in [2.24, 2.45) is 31.8 Å².